The Kier molecular flexibility index (Phi) is 5.92. The number of thioether (sulfide) groups is 1. The van der Waals surface area contributed by atoms with Crippen molar-refractivity contribution in [3.63, 3.8) is 0 Å². The van der Waals surface area contributed by atoms with E-state index < -0.39 is 0 Å². The Bertz CT molecular complexity index is 851. The number of carbonyl (C=O) groups excluding carboxylic acids is 2. The summed E-state index contributed by atoms with van der Waals surface area (Å²) in [5.74, 6) is 1.61. The number of anilines is 2. The molecule has 1 aromatic carbocycles. The van der Waals surface area contributed by atoms with Crippen LogP contribution in [0.2, 0.25) is 0 Å². The van der Waals surface area contributed by atoms with Gasteiger partial charge in [0.15, 0.2) is 5.78 Å². The molecule has 0 spiro atoms. The molecule has 0 atom stereocenters. The van der Waals surface area contributed by atoms with Crippen molar-refractivity contribution in [1.82, 2.24) is 9.88 Å². The highest BCUT2D eigenvalue weighted by Crippen LogP contribution is 2.32. The zero-order valence-corrected chi connectivity index (χ0v) is 16.6. The molecular formula is C21H24N4O2S. The molecule has 6 nitrogen and oxygen atoms in total. The second-order valence-electron chi connectivity index (χ2n) is 7.09. The van der Waals surface area contributed by atoms with Crippen LogP contribution in [0.5, 0.6) is 0 Å². The van der Waals surface area contributed by atoms with Gasteiger partial charge in [-0.15, -0.1) is 11.8 Å². The second kappa shape index (κ2) is 8.75. The number of pyridine rings is 1. The average molecular weight is 397 g/mol. The van der Waals surface area contributed by atoms with E-state index in [1.165, 1.54) is 11.8 Å². The average Bonchev–Trinajstić information content (AvgIpc) is 2.74. The maximum absolute atomic E-state index is 12.5. The predicted octanol–water partition coefficient (Wildman–Crippen LogP) is 2.91. The number of aromatic nitrogens is 1. The van der Waals surface area contributed by atoms with Gasteiger partial charge in [-0.2, -0.15) is 0 Å². The van der Waals surface area contributed by atoms with Gasteiger partial charge in [-0.1, -0.05) is 12.1 Å². The number of nitrogens with one attached hydrogen (secondary N) is 1. The van der Waals surface area contributed by atoms with E-state index in [4.69, 9.17) is 0 Å². The number of Topliss-reactive ketones (excluding diaryl/α,β-unsaturated/α-hetero) is 1. The summed E-state index contributed by atoms with van der Waals surface area (Å²) in [5.41, 5.74) is 1.44. The molecule has 0 bridgehead atoms. The van der Waals surface area contributed by atoms with E-state index in [1.807, 2.05) is 42.6 Å². The maximum atomic E-state index is 12.5. The van der Waals surface area contributed by atoms with E-state index in [9.17, 15) is 9.59 Å². The first-order valence-electron chi connectivity index (χ1n) is 9.67. The van der Waals surface area contributed by atoms with Gasteiger partial charge >= 0.3 is 0 Å². The molecule has 0 radical (unpaired) electrons. The summed E-state index contributed by atoms with van der Waals surface area (Å²) in [7, 11) is 0. The molecule has 2 aliphatic rings. The van der Waals surface area contributed by atoms with Crippen LogP contribution in [0.1, 0.15) is 23.2 Å². The summed E-state index contributed by atoms with van der Waals surface area (Å²) in [6.07, 6.45) is 3.21. The molecule has 2 aromatic rings. The highest BCUT2D eigenvalue weighted by atomic mass is 32.2. The SMILES string of the molecule is O=C1CSc2ccc(C(=O)CCCN3CCN(c4ccccn4)CC3)cc2N1. The van der Waals surface area contributed by atoms with Crippen LogP contribution in [0, 0.1) is 0 Å². The van der Waals surface area contributed by atoms with Gasteiger partial charge in [0, 0.05) is 49.3 Å². The molecular weight excluding hydrogens is 372 g/mol. The largest absolute Gasteiger partial charge is 0.354 e. The van der Waals surface area contributed by atoms with Crippen LogP contribution in [0.4, 0.5) is 11.5 Å². The maximum Gasteiger partial charge on any atom is 0.234 e. The Balaban J connectivity index is 1.23. The molecule has 146 valence electrons. The zero-order chi connectivity index (χ0) is 19.3. The van der Waals surface area contributed by atoms with Crippen molar-refractivity contribution in [3.05, 3.63) is 48.2 Å². The molecule has 1 N–H and O–H groups in total. The predicted molar refractivity (Wildman–Crippen MR) is 112 cm³/mol. The van der Waals surface area contributed by atoms with Gasteiger partial charge in [-0.3, -0.25) is 14.5 Å². The number of ketones is 1. The minimum absolute atomic E-state index is 0.00746. The lowest BCUT2D eigenvalue weighted by Gasteiger charge is -2.35. The molecule has 28 heavy (non-hydrogen) atoms. The van der Waals surface area contributed by atoms with Gasteiger partial charge in [-0.05, 0) is 37.2 Å². The summed E-state index contributed by atoms with van der Waals surface area (Å²) in [5, 5.41) is 2.85. The van der Waals surface area contributed by atoms with Crippen molar-refractivity contribution >= 4 is 35.0 Å². The number of amides is 1. The topological polar surface area (TPSA) is 65.5 Å². The Morgan fingerprint density at radius 1 is 1.14 bits per heavy atom. The Labute approximate surface area is 169 Å². The molecule has 4 rings (SSSR count). The van der Waals surface area contributed by atoms with E-state index in [2.05, 4.69) is 20.1 Å². The third-order valence-electron chi connectivity index (χ3n) is 5.16. The van der Waals surface area contributed by atoms with Crippen molar-refractivity contribution in [2.24, 2.45) is 0 Å². The van der Waals surface area contributed by atoms with Crippen LogP contribution in [-0.4, -0.2) is 60.1 Å². The molecule has 0 saturated carbocycles. The van der Waals surface area contributed by atoms with Crippen molar-refractivity contribution < 1.29 is 9.59 Å². The Morgan fingerprint density at radius 2 is 2.00 bits per heavy atom. The van der Waals surface area contributed by atoms with Crippen LogP contribution in [-0.2, 0) is 4.79 Å². The minimum Gasteiger partial charge on any atom is -0.354 e. The first-order valence-corrected chi connectivity index (χ1v) is 10.7. The number of fused-ring (bicyclic) bond motifs is 1. The van der Waals surface area contributed by atoms with E-state index in [1.54, 1.807) is 0 Å². The molecule has 1 fully saturated rings. The lowest BCUT2D eigenvalue weighted by atomic mass is 10.1. The summed E-state index contributed by atoms with van der Waals surface area (Å²) >= 11 is 1.51. The normalized spacial score (nSPS) is 17.1. The summed E-state index contributed by atoms with van der Waals surface area (Å²) in [6.45, 7) is 4.85. The quantitative estimate of drug-likeness (QED) is 0.758. The number of piperazine rings is 1. The molecule has 2 aliphatic heterocycles. The highest BCUT2D eigenvalue weighted by Gasteiger charge is 2.19. The smallest absolute Gasteiger partial charge is 0.234 e. The highest BCUT2D eigenvalue weighted by molar-refractivity contribution is 8.00. The second-order valence-corrected chi connectivity index (χ2v) is 8.11. The summed E-state index contributed by atoms with van der Waals surface area (Å²) in [4.78, 5) is 34.2. The van der Waals surface area contributed by atoms with Gasteiger partial charge in [0.05, 0.1) is 11.4 Å². The van der Waals surface area contributed by atoms with Crippen LogP contribution < -0.4 is 10.2 Å². The molecule has 1 amide bonds. The minimum atomic E-state index is -0.00746. The number of carbonyl (C=O) groups is 2. The van der Waals surface area contributed by atoms with Gasteiger partial charge in [0.1, 0.15) is 5.82 Å². The number of benzene rings is 1. The lowest BCUT2D eigenvalue weighted by Crippen LogP contribution is -2.46. The van der Waals surface area contributed by atoms with E-state index >= 15 is 0 Å². The van der Waals surface area contributed by atoms with Crippen LogP contribution in [0.25, 0.3) is 0 Å². The van der Waals surface area contributed by atoms with Gasteiger partial charge in [-0.25, -0.2) is 4.98 Å². The van der Waals surface area contributed by atoms with Crippen molar-refractivity contribution in [3.8, 4) is 0 Å². The van der Waals surface area contributed by atoms with Crippen molar-refractivity contribution in [2.45, 2.75) is 17.7 Å². The summed E-state index contributed by atoms with van der Waals surface area (Å²) < 4.78 is 0. The molecule has 1 aromatic heterocycles. The standard InChI is InChI=1S/C21H24N4O2S/c26-18(16-6-7-19-17(14-16)23-21(27)15-28-19)4-3-9-24-10-12-25(13-11-24)20-5-1-2-8-22-20/h1-2,5-8,14H,3-4,9-13,15H2,(H,23,27). The fraction of sp³-hybridized carbons (Fsp3) is 0.381. The zero-order valence-electron chi connectivity index (χ0n) is 15.8. The number of rotatable bonds is 6. The van der Waals surface area contributed by atoms with E-state index in [0.717, 1.165) is 55.5 Å². The Morgan fingerprint density at radius 3 is 2.79 bits per heavy atom. The molecule has 7 heteroatoms. The monoisotopic (exact) mass is 396 g/mol. The molecule has 1 saturated heterocycles. The van der Waals surface area contributed by atoms with Gasteiger partial charge < -0.3 is 10.2 Å². The van der Waals surface area contributed by atoms with Gasteiger partial charge in [0.25, 0.3) is 0 Å². The first kappa shape index (κ1) is 19.0. The van der Waals surface area contributed by atoms with Crippen LogP contribution >= 0.6 is 11.8 Å². The van der Waals surface area contributed by atoms with E-state index in [-0.39, 0.29) is 11.7 Å². The van der Waals surface area contributed by atoms with Crippen molar-refractivity contribution in [2.75, 3.05) is 48.7 Å². The number of hydrogen-bond acceptors (Lipinski definition) is 6. The number of hydrogen-bond donors (Lipinski definition) is 1. The molecule has 3 heterocycles. The third-order valence-corrected chi connectivity index (χ3v) is 6.23. The fourth-order valence-corrected chi connectivity index (χ4v) is 4.39. The van der Waals surface area contributed by atoms with Crippen molar-refractivity contribution in [1.29, 1.82) is 0 Å². The third kappa shape index (κ3) is 4.54. The molecule has 0 aliphatic carbocycles. The molecule has 0 unspecified atom stereocenters. The first-order chi connectivity index (χ1) is 13.7. The van der Waals surface area contributed by atoms with E-state index in [0.29, 0.717) is 17.7 Å². The lowest BCUT2D eigenvalue weighted by molar-refractivity contribution is -0.113. The van der Waals surface area contributed by atoms with Crippen LogP contribution in [0.3, 0.4) is 0 Å². The van der Waals surface area contributed by atoms with Gasteiger partial charge in [0.2, 0.25) is 5.91 Å². The van der Waals surface area contributed by atoms with Crippen LogP contribution in [0.15, 0.2) is 47.5 Å². The summed E-state index contributed by atoms with van der Waals surface area (Å²) in [6, 6.07) is 11.6. The Hall–Kier alpha value is -2.38. The fourth-order valence-electron chi connectivity index (χ4n) is 3.61. The number of nitrogens with zero attached hydrogens (tertiary/aromatic N) is 3.